The number of pyridine rings is 1. The maximum absolute atomic E-state index is 14.5. The molecule has 1 amide bonds. The molecule has 7 aliphatic rings. The molecule has 0 aromatic carbocycles. The number of amides is 1. The Balaban J connectivity index is 1.07. The van der Waals surface area contributed by atoms with Crippen LogP contribution >= 0.6 is 0 Å². The fourth-order valence-electron chi connectivity index (χ4n) is 7.93. The number of halogens is 4. The molecule has 4 bridgehead atoms. The summed E-state index contributed by atoms with van der Waals surface area (Å²) in [6, 6.07) is 1.75. The largest absolute Gasteiger partial charge is 0.451 e. The zero-order chi connectivity index (χ0) is 29.0. The molecule has 0 radical (unpaired) electrons. The van der Waals surface area contributed by atoms with Gasteiger partial charge in [0.2, 0.25) is 17.6 Å². The number of anilines is 1. The van der Waals surface area contributed by atoms with E-state index in [1.807, 2.05) is 0 Å². The molecule has 12 heteroatoms. The number of nitrogens with zero attached hydrogens (tertiary/aromatic N) is 6. The summed E-state index contributed by atoms with van der Waals surface area (Å²) in [5, 5.41) is 4.25. The number of aromatic nitrogens is 5. The highest BCUT2D eigenvalue weighted by atomic mass is 19.4. The molecule has 3 aromatic heterocycles. The SMILES string of the molecule is O=C(N(CC12CCC(c3nc(C4CC4)no3)(CC1)CC2)c1cncc(-c2cnc(C(F)(F)F)nc2)c1)C12CC(F)(C1)C2. The van der Waals surface area contributed by atoms with Crippen molar-refractivity contribution in [1.82, 2.24) is 25.1 Å². The van der Waals surface area contributed by atoms with E-state index in [9.17, 15) is 22.4 Å². The van der Waals surface area contributed by atoms with Gasteiger partial charge in [-0.05, 0) is 82.1 Å². The maximum Gasteiger partial charge on any atom is 0.451 e. The number of hydrogen-bond donors (Lipinski definition) is 0. The molecule has 7 saturated carbocycles. The van der Waals surface area contributed by atoms with Crippen molar-refractivity contribution in [1.29, 1.82) is 0 Å². The lowest BCUT2D eigenvalue weighted by Crippen LogP contribution is -2.71. The van der Waals surface area contributed by atoms with Crippen molar-refractivity contribution in [2.75, 3.05) is 11.4 Å². The van der Waals surface area contributed by atoms with Crippen LogP contribution in [0.4, 0.5) is 23.2 Å². The third-order valence-corrected chi connectivity index (χ3v) is 10.7. The van der Waals surface area contributed by atoms with E-state index in [0.717, 1.165) is 75.5 Å². The Morgan fingerprint density at radius 3 is 2.21 bits per heavy atom. The fourth-order valence-corrected chi connectivity index (χ4v) is 7.93. The summed E-state index contributed by atoms with van der Waals surface area (Å²) in [6.07, 6.45) is 9.08. The van der Waals surface area contributed by atoms with E-state index in [0.29, 0.717) is 29.3 Å². The second-order valence-electron chi connectivity index (χ2n) is 13.6. The van der Waals surface area contributed by atoms with Gasteiger partial charge in [-0.25, -0.2) is 14.4 Å². The van der Waals surface area contributed by atoms with Gasteiger partial charge in [-0.15, -0.1) is 0 Å². The molecule has 3 aromatic rings. The molecule has 0 aliphatic heterocycles. The van der Waals surface area contributed by atoms with Crippen molar-refractivity contribution < 1.29 is 26.9 Å². The van der Waals surface area contributed by atoms with Crippen LogP contribution < -0.4 is 4.90 Å². The van der Waals surface area contributed by atoms with E-state index in [1.54, 1.807) is 17.2 Å². The predicted octanol–water partition coefficient (Wildman–Crippen LogP) is 6.34. The minimum Gasteiger partial charge on any atom is -0.339 e. The van der Waals surface area contributed by atoms with Gasteiger partial charge >= 0.3 is 6.18 Å². The number of carbonyl (C=O) groups excluding carboxylic acids is 1. The Labute approximate surface area is 239 Å². The van der Waals surface area contributed by atoms with Crippen molar-refractivity contribution in [3.8, 4) is 11.1 Å². The summed E-state index contributed by atoms with van der Waals surface area (Å²) in [5.41, 5.74) is -0.717. The van der Waals surface area contributed by atoms with Gasteiger partial charge in [0.1, 0.15) is 5.67 Å². The van der Waals surface area contributed by atoms with Crippen molar-refractivity contribution in [3.05, 3.63) is 48.4 Å². The van der Waals surface area contributed by atoms with Crippen LogP contribution in [0.3, 0.4) is 0 Å². The van der Waals surface area contributed by atoms with E-state index in [1.165, 1.54) is 6.20 Å². The summed E-state index contributed by atoms with van der Waals surface area (Å²) in [4.78, 5) is 31.9. The minimum absolute atomic E-state index is 0.0904. The summed E-state index contributed by atoms with van der Waals surface area (Å²) in [7, 11) is 0. The van der Waals surface area contributed by atoms with Crippen molar-refractivity contribution in [2.45, 2.75) is 93.8 Å². The maximum atomic E-state index is 14.5. The molecule has 7 aliphatic carbocycles. The van der Waals surface area contributed by atoms with Crippen molar-refractivity contribution >= 4 is 11.6 Å². The van der Waals surface area contributed by atoms with Gasteiger partial charge in [0.05, 0.1) is 17.3 Å². The molecular weight excluding hydrogens is 552 g/mol. The minimum atomic E-state index is -4.64. The van der Waals surface area contributed by atoms with E-state index >= 15 is 0 Å². The first-order valence-electron chi connectivity index (χ1n) is 14.7. The molecule has 42 heavy (non-hydrogen) atoms. The van der Waals surface area contributed by atoms with Crippen molar-refractivity contribution in [2.24, 2.45) is 10.8 Å². The lowest BCUT2D eigenvalue weighted by molar-refractivity contribution is -0.211. The Kier molecular flexibility index (Phi) is 5.34. The van der Waals surface area contributed by atoms with Gasteiger partial charge in [-0.1, -0.05) is 5.16 Å². The average Bonchev–Trinajstić information content (AvgIpc) is 3.69. The van der Waals surface area contributed by atoms with Crippen LogP contribution in [-0.4, -0.2) is 43.2 Å². The molecule has 10 rings (SSSR count). The number of fused-ring (bicyclic) bond motifs is 3. The smallest absolute Gasteiger partial charge is 0.339 e. The topological polar surface area (TPSA) is 97.9 Å². The Bertz CT molecular complexity index is 1520. The van der Waals surface area contributed by atoms with Crippen LogP contribution in [0.15, 0.2) is 35.4 Å². The Hall–Kier alpha value is -3.44. The highest BCUT2D eigenvalue weighted by molar-refractivity contribution is 6.00. The van der Waals surface area contributed by atoms with Crippen LogP contribution in [0.1, 0.15) is 94.1 Å². The zero-order valence-electron chi connectivity index (χ0n) is 23.0. The Morgan fingerprint density at radius 1 is 0.952 bits per heavy atom. The second-order valence-corrected chi connectivity index (χ2v) is 13.6. The van der Waals surface area contributed by atoms with Crippen LogP contribution in [0, 0.1) is 10.8 Å². The van der Waals surface area contributed by atoms with Gasteiger partial charge in [0, 0.05) is 47.6 Å². The first kappa shape index (κ1) is 26.2. The van der Waals surface area contributed by atoms with Gasteiger partial charge in [-0.3, -0.25) is 9.78 Å². The zero-order valence-corrected chi connectivity index (χ0v) is 23.0. The average molecular weight is 583 g/mol. The normalized spacial score (nSPS) is 33.1. The van der Waals surface area contributed by atoms with Gasteiger partial charge in [0.25, 0.3) is 0 Å². The lowest BCUT2D eigenvalue weighted by atomic mass is 9.41. The molecule has 0 atom stereocenters. The monoisotopic (exact) mass is 582 g/mol. The fraction of sp³-hybridized carbons (Fsp3) is 0.600. The second kappa shape index (κ2) is 8.57. The van der Waals surface area contributed by atoms with E-state index in [-0.39, 0.29) is 36.0 Å². The van der Waals surface area contributed by atoms with Gasteiger partial charge in [0.15, 0.2) is 5.82 Å². The molecule has 8 nitrogen and oxygen atoms in total. The van der Waals surface area contributed by atoms with Crippen LogP contribution in [0.2, 0.25) is 0 Å². The number of hydrogen-bond acceptors (Lipinski definition) is 7. The number of rotatable bonds is 7. The first-order valence-corrected chi connectivity index (χ1v) is 14.7. The third-order valence-electron chi connectivity index (χ3n) is 10.7. The predicted molar refractivity (Wildman–Crippen MR) is 141 cm³/mol. The molecular formula is C30H30F4N6O2. The molecule has 0 saturated heterocycles. The molecule has 0 unspecified atom stereocenters. The van der Waals surface area contributed by atoms with Crippen LogP contribution in [0.25, 0.3) is 11.1 Å². The Morgan fingerprint density at radius 2 is 1.62 bits per heavy atom. The highest BCUT2D eigenvalue weighted by Crippen LogP contribution is 2.70. The lowest BCUT2D eigenvalue weighted by Gasteiger charge is -2.65. The molecule has 7 fully saturated rings. The van der Waals surface area contributed by atoms with E-state index in [4.69, 9.17) is 9.51 Å². The van der Waals surface area contributed by atoms with Gasteiger partial charge in [-0.2, -0.15) is 18.2 Å². The molecule has 220 valence electrons. The summed E-state index contributed by atoms with van der Waals surface area (Å²) in [6.45, 7) is 0.481. The molecule has 0 spiro atoms. The van der Waals surface area contributed by atoms with Crippen LogP contribution in [-0.2, 0) is 16.4 Å². The molecule has 3 heterocycles. The molecule has 0 N–H and O–H groups in total. The highest BCUT2D eigenvalue weighted by Gasteiger charge is 2.73. The quantitative estimate of drug-likeness (QED) is 0.300. The summed E-state index contributed by atoms with van der Waals surface area (Å²) in [5.74, 6) is 0.707. The summed E-state index contributed by atoms with van der Waals surface area (Å²) < 4.78 is 59.3. The third kappa shape index (κ3) is 4.07. The first-order chi connectivity index (χ1) is 20.0. The number of alkyl halides is 4. The van der Waals surface area contributed by atoms with Crippen LogP contribution in [0.5, 0.6) is 0 Å². The summed E-state index contributed by atoms with van der Waals surface area (Å²) >= 11 is 0. The van der Waals surface area contributed by atoms with E-state index < -0.39 is 23.1 Å². The number of carbonyl (C=O) groups is 1. The van der Waals surface area contributed by atoms with Crippen molar-refractivity contribution in [3.63, 3.8) is 0 Å². The van der Waals surface area contributed by atoms with E-state index in [2.05, 4.69) is 20.1 Å². The standard InChI is InChI=1S/C30H30F4N6O2/c31-29-14-28(15-29,16-29)25(41)40(21-9-19(10-35-13-21)20-11-36-23(37-12-20)30(32,33)34)17-26-3-6-27(7-4-26,8-5-26)24-38-22(39-42-24)18-1-2-18/h9-13,18H,1-8,14-17H2. The van der Waals surface area contributed by atoms with Gasteiger partial charge < -0.3 is 9.42 Å².